The molecule has 4 atom stereocenters. The summed E-state index contributed by atoms with van der Waals surface area (Å²) in [5, 5.41) is 18.4. The van der Waals surface area contributed by atoms with Gasteiger partial charge in [0.1, 0.15) is 0 Å². The number of aliphatic hydroxyl groups excluding tert-OH is 2. The van der Waals surface area contributed by atoms with Crippen LogP contribution < -0.4 is 0 Å². The van der Waals surface area contributed by atoms with Crippen molar-refractivity contribution in [1.29, 1.82) is 0 Å². The van der Waals surface area contributed by atoms with Gasteiger partial charge in [-0.25, -0.2) is 0 Å². The van der Waals surface area contributed by atoms with Gasteiger partial charge in [-0.15, -0.1) is 0 Å². The van der Waals surface area contributed by atoms with Gasteiger partial charge < -0.3 is 14.9 Å². The lowest BCUT2D eigenvalue weighted by atomic mass is 10.00. The largest absolute Gasteiger partial charge is 0.391 e. The van der Waals surface area contributed by atoms with Crippen LogP contribution in [0.3, 0.4) is 0 Å². The third kappa shape index (κ3) is 1.92. The predicted molar refractivity (Wildman–Crippen MR) is 41.0 cm³/mol. The minimum Gasteiger partial charge on any atom is -0.391 e. The first kappa shape index (κ1) is 8.97. The Kier molecular flexibility index (Phi) is 2.87. The Morgan fingerprint density at radius 3 is 2.55 bits per heavy atom. The standard InChI is InChI=1S/C8H16O3/c1-3-6-4-7(5(2)9)11-8(6)10/h5-10H,3-4H2,1-2H3. The first-order valence-corrected chi connectivity index (χ1v) is 4.16. The van der Waals surface area contributed by atoms with E-state index in [-0.39, 0.29) is 12.0 Å². The molecule has 1 heterocycles. The van der Waals surface area contributed by atoms with Gasteiger partial charge in [-0.05, 0) is 19.8 Å². The van der Waals surface area contributed by atoms with E-state index in [0.29, 0.717) is 0 Å². The topological polar surface area (TPSA) is 49.7 Å². The van der Waals surface area contributed by atoms with Gasteiger partial charge in [0, 0.05) is 5.92 Å². The molecular weight excluding hydrogens is 144 g/mol. The summed E-state index contributed by atoms with van der Waals surface area (Å²) in [5.41, 5.74) is 0. The summed E-state index contributed by atoms with van der Waals surface area (Å²) in [6, 6.07) is 0. The lowest BCUT2D eigenvalue weighted by Gasteiger charge is -2.12. The van der Waals surface area contributed by atoms with Crippen molar-refractivity contribution in [1.82, 2.24) is 0 Å². The lowest BCUT2D eigenvalue weighted by molar-refractivity contribution is -0.129. The molecule has 0 bridgehead atoms. The second kappa shape index (κ2) is 3.52. The number of hydrogen-bond donors (Lipinski definition) is 2. The van der Waals surface area contributed by atoms with Crippen molar-refractivity contribution < 1.29 is 14.9 Å². The first-order valence-electron chi connectivity index (χ1n) is 4.16. The molecule has 0 spiro atoms. The molecule has 0 aromatic carbocycles. The Morgan fingerprint density at radius 2 is 2.27 bits per heavy atom. The van der Waals surface area contributed by atoms with Crippen LogP contribution in [0.2, 0.25) is 0 Å². The fraction of sp³-hybridized carbons (Fsp3) is 1.00. The van der Waals surface area contributed by atoms with Crippen LogP contribution in [0.25, 0.3) is 0 Å². The third-order valence-electron chi connectivity index (χ3n) is 2.31. The number of hydrogen-bond acceptors (Lipinski definition) is 3. The quantitative estimate of drug-likeness (QED) is 0.618. The van der Waals surface area contributed by atoms with Crippen molar-refractivity contribution in [3.8, 4) is 0 Å². The Morgan fingerprint density at radius 1 is 1.64 bits per heavy atom. The Balaban J connectivity index is 2.43. The van der Waals surface area contributed by atoms with Gasteiger partial charge in [0.05, 0.1) is 12.2 Å². The molecule has 11 heavy (non-hydrogen) atoms. The van der Waals surface area contributed by atoms with Crippen LogP contribution in [-0.2, 0) is 4.74 Å². The molecule has 0 radical (unpaired) electrons. The number of aliphatic hydroxyl groups is 2. The van der Waals surface area contributed by atoms with E-state index in [1.807, 2.05) is 6.92 Å². The highest BCUT2D eigenvalue weighted by molar-refractivity contribution is 4.78. The summed E-state index contributed by atoms with van der Waals surface area (Å²) in [6.45, 7) is 3.71. The van der Waals surface area contributed by atoms with E-state index in [2.05, 4.69) is 0 Å². The second-order valence-electron chi connectivity index (χ2n) is 3.21. The van der Waals surface area contributed by atoms with Crippen molar-refractivity contribution in [2.24, 2.45) is 5.92 Å². The Hall–Kier alpha value is -0.120. The van der Waals surface area contributed by atoms with E-state index in [4.69, 9.17) is 9.84 Å². The Bertz CT molecular complexity index is 125. The maximum atomic E-state index is 9.27. The molecule has 3 nitrogen and oxygen atoms in total. The molecule has 0 aromatic rings. The summed E-state index contributed by atoms with van der Waals surface area (Å²) in [5.74, 6) is 0.203. The fourth-order valence-corrected chi connectivity index (χ4v) is 1.44. The molecule has 1 fully saturated rings. The number of rotatable bonds is 2. The third-order valence-corrected chi connectivity index (χ3v) is 2.31. The van der Waals surface area contributed by atoms with Crippen LogP contribution in [0, 0.1) is 5.92 Å². The number of ether oxygens (including phenoxy) is 1. The van der Waals surface area contributed by atoms with E-state index < -0.39 is 12.4 Å². The Labute approximate surface area is 67.0 Å². The van der Waals surface area contributed by atoms with Gasteiger partial charge in [0.2, 0.25) is 0 Å². The van der Waals surface area contributed by atoms with E-state index in [9.17, 15) is 5.11 Å². The van der Waals surface area contributed by atoms with Gasteiger partial charge in [0.25, 0.3) is 0 Å². The average Bonchev–Trinajstić information content (AvgIpc) is 2.31. The maximum Gasteiger partial charge on any atom is 0.157 e. The van der Waals surface area contributed by atoms with E-state index >= 15 is 0 Å². The molecule has 0 aromatic heterocycles. The normalized spacial score (nSPS) is 40.9. The zero-order valence-electron chi connectivity index (χ0n) is 7.03. The zero-order chi connectivity index (χ0) is 8.43. The van der Waals surface area contributed by atoms with Crippen molar-refractivity contribution in [3.05, 3.63) is 0 Å². The minimum atomic E-state index is -0.667. The monoisotopic (exact) mass is 160 g/mol. The smallest absolute Gasteiger partial charge is 0.157 e. The summed E-state index contributed by atoms with van der Waals surface area (Å²) in [6.07, 6.45) is 0.371. The highest BCUT2D eigenvalue weighted by Crippen LogP contribution is 2.28. The van der Waals surface area contributed by atoms with Crippen LogP contribution in [-0.4, -0.2) is 28.7 Å². The van der Waals surface area contributed by atoms with Crippen molar-refractivity contribution in [2.45, 2.75) is 45.2 Å². The van der Waals surface area contributed by atoms with Gasteiger partial charge in [-0.3, -0.25) is 0 Å². The molecule has 1 aliphatic rings. The highest BCUT2D eigenvalue weighted by Gasteiger charge is 2.34. The van der Waals surface area contributed by atoms with Crippen LogP contribution in [0.1, 0.15) is 26.7 Å². The summed E-state index contributed by atoms with van der Waals surface area (Å²) < 4.78 is 5.13. The molecule has 1 rings (SSSR count). The van der Waals surface area contributed by atoms with Crippen LogP contribution >= 0.6 is 0 Å². The van der Waals surface area contributed by atoms with Crippen LogP contribution in [0.15, 0.2) is 0 Å². The van der Waals surface area contributed by atoms with Gasteiger partial charge in [-0.1, -0.05) is 6.92 Å². The molecular formula is C8H16O3. The maximum absolute atomic E-state index is 9.27. The van der Waals surface area contributed by atoms with Crippen LogP contribution in [0.4, 0.5) is 0 Å². The molecule has 0 saturated carbocycles. The van der Waals surface area contributed by atoms with Crippen molar-refractivity contribution in [3.63, 3.8) is 0 Å². The molecule has 66 valence electrons. The fourth-order valence-electron chi connectivity index (χ4n) is 1.44. The van der Waals surface area contributed by atoms with Gasteiger partial charge >= 0.3 is 0 Å². The van der Waals surface area contributed by atoms with E-state index in [1.54, 1.807) is 6.92 Å². The summed E-state index contributed by atoms with van der Waals surface area (Å²) in [4.78, 5) is 0. The summed E-state index contributed by atoms with van der Waals surface area (Å²) in [7, 11) is 0. The highest BCUT2D eigenvalue weighted by atomic mass is 16.6. The SMILES string of the molecule is CCC1CC(C(C)O)OC1O. The van der Waals surface area contributed by atoms with E-state index in [1.165, 1.54) is 0 Å². The predicted octanol–water partition coefficient (Wildman–Crippen LogP) is 0.501. The molecule has 1 saturated heterocycles. The molecule has 0 aliphatic carbocycles. The van der Waals surface area contributed by atoms with Crippen molar-refractivity contribution in [2.75, 3.05) is 0 Å². The van der Waals surface area contributed by atoms with E-state index in [0.717, 1.165) is 12.8 Å². The van der Waals surface area contributed by atoms with Gasteiger partial charge in [-0.2, -0.15) is 0 Å². The average molecular weight is 160 g/mol. The zero-order valence-corrected chi connectivity index (χ0v) is 7.03. The van der Waals surface area contributed by atoms with Crippen LogP contribution in [0.5, 0.6) is 0 Å². The van der Waals surface area contributed by atoms with Crippen molar-refractivity contribution >= 4 is 0 Å². The lowest BCUT2D eigenvalue weighted by Crippen LogP contribution is -2.22. The minimum absolute atomic E-state index is 0.171. The molecule has 4 unspecified atom stereocenters. The molecule has 3 heteroatoms. The molecule has 1 aliphatic heterocycles. The molecule has 0 amide bonds. The summed E-state index contributed by atoms with van der Waals surface area (Å²) >= 11 is 0. The first-order chi connectivity index (χ1) is 5.15. The van der Waals surface area contributed by atoms with Gasteiger partial charge in [0.15, 0.2) is 6.29 Å². The molecule has 2 N–H and O–H groups in total. The second-order valence-corrected chi connectivity index (χ2v) is 3.21.